The van der Waals surface area contributed by atoms with Crippen LogP contribution in [-0.4, -0.2) is 27.7 Å². The van der Waals surface area contributed by atoms with Crippen LogP contribution >= 0.6 is 11.3 Å². The SMILES string of the molecule is c1ccc(OCCNc2nn3cc(-c4ccc5ccccc5c4)nc3s2)cc1. The van der Waals surface area contributed by atoms with E-state index in [-0.39, 0.29) is 0 Å². The van der Waals surface area contributed by atoms with Gasteiger partial charge in [0.15, 0.2) is 0 Å². The quantitative estimate of drug-likeness (QED) is 0.413. The summed E-state index contributed by atoms with van der Waals surface area (Å²) in [6.07, 6.45) is 1.97. The highest BCUT2D eigenvalue weighted by Crippen LogP contribution is 2.27. The van der Waals surface area contributed by atoms with Gasteiger partial charge in [-0.15, -0.1) is 5.10 Å². The van der Waals surface area contributed by atoms with Crippen LogP contribution in [0.5, 0.6) is 5.75 Å². The topological polar surface area (TPSA) is 51.5 Å². The Morgan fingerprint density at radius 3 is 2.61 bits per heavy atom. The summed E-state index contributed by atoms with van der Waals surface area (Å²) in [5, 5.41) is 11.1. The Hall–Kier alpha value is -3.38. The second kappa shape index (κ2) is 7.32. The first-order chi connectivity index (χ1) is 13.8. The van der Waals surface area contributed by atoms with E-state index < -0.39 is 0 Å². The molecule has 0 saturated carbocycles. The first-order valence-corrected chi connectivity index (χ1v) is 9.94. The van der Waals surface area contributed by atoms with Gasteiger partial charge >= 0.3 is 0 Å². The van der Waals surface area contributed by atoms with Gasteiger partial charge in [0.25, 0.3) is 0 Å². The van der Waals surface area contributed by atoms with Crippen molar-refractivity contribution < 1.29 is 4.74 Å². The number of fused-ring (bicyclic) bond motifs is 2. The van der Waals surface area contributed by atoms with Gasteiger partial charge in [-0.1, -0.05) is 65.9 Å². The lowest BCUT2D eigenvalue weighted by atomic mass is 10.1. The molecule has 28 heavy (non-hydrogen) atoms. The summed E-state index contributed by atoms with van der Waals surface area (Å²) in [7, 11) is 0. The average Bonchev–Trinajstić information content (AvgIpc) is 3.30. The number of para-hydroxylation sites is 1. The summed E-state index contributed by atoms with van der Waals surface area (Å²) in [5.74, 6) is 0.873. The fourth-order valence-corrected chi connectivity index (χ4v) is 3.91. The third kappa shape index (κ3) is 3.42. The molecule has 0 spiro atoms. The van der Waals surface area contributed by atoms with Crippen molar-refractivity contribution in [3.8, 4) is 17.0 Å². The van der Waals surface area contributed by atoms with Crippen LogP contribution in [0, 0.1) is 0 Å². The van der Waals surface area contributed by atoms with Crippen molar-refractivity contribution >= 4 is 32.2 Å². The highest BCUT2D eigenvalue weighted by Gasteiger charge is 2.10. The van der Waals surface area contributed by atoms with E-state index in [0.717, 1.165) is 27.1 Å². The lowest BCUT2D eigenvalue weighted by Crippen LogP contribution is -2.11. The van der Waals surface area contributed by atoms with Crippen LogP contribution in [0.1, 0.15) is 0 Å². The summed E-state index contributed by atoms with van der Waals surface area (Å²) in [4.78, 5) is 5.60. The number of hydrogen-bond acceptors (Lipinski definition) is 5. The molecule has 0 aliphatic heterocycles. The summed E-state index contributed by atoms with van der Waals surface area (Å²) in [5.41, 5.74) is 2.03. The highest BCUT2D eigenvalue weighted by atomic mass is 32.1. The van der Waals surface area contributed by atoms with E-state index in [4.69, 9.17) is 9.72 Å². The van der Waals surface area contributed by atoms with E-state index in [1.807, 2.05) is 41.0 Å². The van der Waals surface area contributed by atoms with Gasteiger partial charge in [0.1, 0.15) is 12.4 Å². The Kier molecular flexibility index (Phi) is 4.39. The van der Waals surface area contributed by atoms with Crippen molar-refractivity contribution in [3.63, 3.8) is 0 Å². The Morgan fingerprint density at radius 1 is 0.929 bits per heavy atom. The lowest BCUT2D eigenvalue weighted by Gasteiger charge is -2.05. The fraction of sp³-hybridized carbons (Fsp3) is 0.0909. The monoisotopic (exact) mass is 386 g/mol. The molecule has 138 valence electrons. The zero-order valence-electron chi connectivity index (χ0n) is 15.1. The van der Waals surface area contributed by atoms with Crippen molar-refractivity contribution in [1.29, 1.82) is 0 Å². The molecule has 0 bridgehead atoms. The Balaban J connectivity index is 1.27. The third-order valence-electron chi connectivity index (χ3n) is 4.48. The first kappa shape index (κ1) is 16.8. The minimum absolute atomic E-state index is 0.578. The number of rotatable bonds is 6. The molecule has 0 aliphatic carbocycles. The minimum atomic E-state index is 0.578. The maximum Gasteiger partial charge on any atom is 0.214 e. The van der Waals surface area contributed by atoms with Crippen molar-refractivity contribution in [3.05, 3.63) is 79.0 Å². The number of hydrogen-bond donors (Lipinski definition) is 1. The van der Waals surface area contributed by atoms with Crippen molar-refractivity contribution in [2.24, 2.45) is 0 Å². The van der Waals surface area contributed by atoms with Crippen LogP contribution in [0.2, 0.25) is 0 Å². The molecule has 0 amide bonds. The molecule has 0 aliphatic rings. The second-order valence-corrected chi connectivity index (χ2v) is 7.37. The van der Waals surface area contributed by atoms with Gasteiger partial charge in [0.05, 0.1) is 18.4 Å². The zero-order valence-corrected chi connectivity index (χ0v) is 15.9. The average molecular weight is 386 g/mol. The highest BCUT2D eigenvalue weighted by molar-refractivity contribution is 7.20. The third-order valence-corrected chi connectivity index (χ3v) is 5.36. The van der Waals surface area contributed by atoms with Gasteiger partial charge in [-0.2, -0.15) is 0 Å². The van der Waals surface area contributed by atoms with Crippen LogP contribution in [0.3, 0.4) is 0 Å². The summed E-state index contributed by atoms with van der Waals surface area (Å²) >= 11 is 1.54. The standard InChI is InChI=1S/C22H18N4OS/c1-2-8-19(9-3-1)27-13-12-23-21-25-26-15-20(24-22(26)28-21)18-11-10-16-6-4-5-7-17(16)14-18/h1-11,14-15H,12-13H2,(H,23,25). The number of anilines is 1. The largest absolute Gasteiger partial charge is 0.492 e. The van der Waals surface area contributed by atoms with E-state index in [0.29, 0.717) is 13.2 Å². The van der Waals surface area contributed by atoms with E-state index in [2.05, 4.69) is 52.9 Å². The Labute approximate surface area is 166 Å². The van der Waals surface area contributed by atoms with Crippen molar-refractivity contribution in [2.45, 2.75) is 0 Å². The molecule has 2 aromatic heterocycles. The maximum atomic E-state index is 5.69. The maximum absolute atomic E-state index is 5.69. The van der Waals surface area contributed by atoms with Gasteiger partial charge in [-0.3, -0.25) is 0 Å². The number of nitrogens with one attached hydrogen (secondary N) is 1. The molecule has 0 unspecified atom stereocenters. The predicted octanol–water partition coefficient (Wildman–Crippen LogP) is 5.10. The fourth-order valence-electron chi connectivity index (χ4n) is 3.10. The van der Waals surface area contributed by atoms with Crippen LogP contribution in [0.25, 0.3) is 27.0 Å². The smallest absolute Gasteiger partial charge is 0.214 e. The zero-order chi connectivity index (χ0) is 18.8. The van der Waals surface area contributed by atoms with Gasteiger partial charge in [-0.05, 0) is 29.0 Å². The van der Waals surface area contributed by atoms with Gasteiger partial charge in [0.2, 0.25) is 10.1 Å². The molecule has 5 rings (SSSR count). The molecule has 5 aromatic rings. The molecule has 0 atom stereocenters. The van der Waals surface area contributed by atoms with Gasteiger partial charge < -0.3 is 10.1 Å². The number of ether oxygens (including phenoxy) is 1. The second-order valence-electron chi connectivity index (χ2n) is 6.41. The normalized spacial score (nSPS) is 11.1. The van der Waals surface area contributed by atoms with E-state index in [9.17, 15) is 0 Å². The van der Waals surface area contributed by atoms with Crippen LogP contribution in [0.4, 0.5) is 5.13 Å². The predicted molar refractivity (Wildman–Crippen MR) is 114 cm³/mol. The Bertz CT molecular complexity index is 1200. The van der Waals surface area contributed by atoms with Crippen LogP contribution in [0.15, 0.2) is 79.0 Å². The van der Waals surface area contributed by atoms with Crippen LogP contribution < -0.4 is 10.1 Å². The molecule has 1 N–H and O–H groups in total. The van der Waals surface area contributed by atoms with E-state index >= 15 is 0 Å². The van der Waals surface area contributed by atoms with E-state index in [1.54, 1.807) is 0 Å². The molecule has 6 heteroatoms. The molecule has 3 aromatic carbocycles. The van der Waals surface area contributed by atoms with E-state index in [1.165, 1.54) is 22.1 Å². The molecule has 0 saturated heterocycles. The van der Waals surface area contributed by atoms with Crippen molar-refractivity contribution in [1.82, 2.24) is 14.6 Å². The van der Waals surface area contributed by atoms with Crippen molar-refractivity contribution in [2.75, 3.05) is 18.5 Å². The molecule has 0 radical (unpaired) electrons. The lowest BCUT2D eigenvalue weighted by molar-refractivity contribution is 0.333. The van der Waals surface area contributed by atoms with Gasteiger partial charge in [0, 0.05) is 5.56 Å². The number of nitrogens with zero attached hydrogens (tertiary/aromatic N) is 3. The number of benzene rings is 3. The molecular weight excluding hydrogens is 368 g/mol. The first-order valence-electron chi connectivity index (χ1n) is 9.12. The number of aromatic nitrogens is 3. The molecular formula is C22H18N4OS. The van der Waals surface area contributed by atoms with Gasteiger partial charge in [-0.25, -0.2) is 9.50 Å². The number of imidazole rings is 1. The summed E-state index contributed by atoms with van der Waals surface area (Å²) in [6.45, 7) is 1.26. The summed E-state index contributed by atoms with van der Waals surface area (Å²) in [6, 6.07) is 24.6. The molecule has 0 fully saturated rings. The summed E-state index contributed by atoms with van der Waals surface area (Å²) < 4.78 is 7.52. The molecule has 2 heterocycles. The van der Waals surface area contributed by atoms with Crippen LogP contribution in [-0.2, 0) is 0 Å². The molecule has 5 nitrogen and oxygen atoms in total. The minimum Gasteiger partial charge on any atom is -0.492 e. The Morgan fingerprint density at radius 2 is 1.75 bits per heavy atom.